The molecule has 1 fully saturated rings. The van der Waals surface area contributed by atoms with Crippen LogP contribution in [0.5, 0.6) is 0 Å². The number of nitrogens with zero attached hydrogens (tertiary/aromatic N) is 2. The van der Waals surface area contributed by atoms with E-state index >= 15 is 0 Å². The SMILES string of the molecule is CCOC(=O)c1ccc(N2C(=O)[C@H]3[C@H](c4cccc(Cl)c4Cl)c4sc(=O)n(CC(=O)Nc5ccc6ccccc6c5)c4S[C@H]3C2=O)cc1. The zero-order valence-electron chi connectivity index (χ0n) is 25.1. The number of nitrogens with one attached hydrogen (secondary N) is 1. The van der Waals surface area contributed by atoms with Crippen LogP contribution in [-0.2, 0) is 25.7 Å². The van der Waals surface area contributed by atoms with Crippen LogP contribution in [0.25, 0.3) is 10.8 Å². The van der Waals surface area contributed by atoms with Crippen molar-refractivity contribution in [3.63, 3.8) is 0 Å². The summed E-state index contributed by atoms with van der Waals surface area (Å²) < 4.78 is 6.40. The highest BCUT2D eigenvalue weighted by molar-refractivity contribution is 8.00. The molecule has 0 aliphatic carbocycles. The van der Waals surface area contributed by atoms with Crippen molar-refractivity contribution in [2.75, 3.05) is 16.8 Å². The van der Waals surface area contributed by atoms with Gasteiger partial charge in [0.25, 0.3) is 0 Å². The number of imide groups is 1. The Kier molecular flexibility index (Phi) is 8.63. The molecule has 3 amide bonds. The average Bonchev–Trinajstić information content (AvgIpc) is 3.52. The third-order valence-electron chi connectivity index (χ3n) is 8.34. The Balaban J connectivity index is 1.25. The summed E-state index contributed by atoms with van der Waals surface area (Å²) in [5.41, 5.74) is 1.64. The summed E-state index contributed by atoms with van der Waals surface area (Å²) in [6, 6.07) is 24.4. The van der Waals surface area contributed by atoms with Crippen LogP contribution in [0.15, 0.2) is 94.7 Å². The number of rotatable bonds is 7. The molecule has 1 N–H and O–H groups in total. The third-order valence-corrected chi connectivity index (χ3v) is 11.8. The molecule has 48 heavy (non-hydrogen) atoms. The van der Waals surface area contributed by atoms with E-state index in [1.165, 1.54) is 28.8 Å². The van der Waals surface area contributed by atoms with Crippen molar-refractivity contribution in [2.24, 2.45) is 5.92 Å². The van der Waals surface area contributed by atoms with E-state index in [2.05, 4.69) is 5.32 Å². The van der Waals surface area contributed by atoms with E-state index < -0.39 is 45.6 Å². The number of anilines is 2. The van der Waals surface area contributed by atoms with E-state index in [1.54, 1.807) is 31.2 Å². The summed E-state index contributed by atoms with van der Waals surface area (Å²) in [6.07, 6.45) is 0. The standard InChI is InChI=1S/C35H25Cl2N3O6S2/c1-2-46-34(44)19-11-14-22(15-12-19)40-31(42)27-26(23-8-5-9-24(36)28(23)37)30-33(47-29(27)32(40)43)39(35(45)48-30)17-25(41)38-21-13-10-18-6-3-4-7-20(18)16-21/h3-16,26-27,29H,2,17H2,1H3,(H,38,41)/t26-,27-,29+/m0/s1. The van der Waals surface area contributed by atoms with E-state index in [-0.39, 0.29) is 28.8 Å². The molecule has 0 bridgehead atoms. The van der Waals surface area contributed by atoms with Gasteiger partial charge in [0.15, 0.2) is 0 Å². The number of esters is 1. The fraction of sp³-hybridized carbons (Fsp3) is 0.171. The second-order valence-corrected chi connectivity index (χ2v) is 14.1. The number of thiazole rings is 1. The Morgan fingerprint density at radius 3 is 2.40 bits per heavy atom. The zero-order chi connectivity index (χ0) is 33.7. The summed E-state index contributed by atoms with van der Waals surface area (Å²) in [5.74, 6) is -3.62. The maximum Gasteiger partial charge on any atom is 0.338 e. The number of fused-ring (bicyclic) bond motifs is 3. The van der Waals surface area contributed by atoms with E-state index in [0.717, 1.165) is 38.8 Å². The van der Waals surface area contributed by atoms with Crippen molar-refractivity contribution in [3.8, 4) is 0 Å². The van der Waals surface area contributed by atoms with Crippen molar-refractivity contribution >= 4 is 92.1 Å². The number of amides is 3. The molecular weight excluding hydrogens is 693 g/mol. The minimum Gasteiger partial charge on any atom is -0.462 e. The van der Waals surface area contributed by atoms with Crippen LogP contribution < -0.4 is 15.1 Å². The van der Waals surface area contributed by atoms with Gasteiger partial charge < -0.3 is 10.1 Å². The van der Waals surface area contributed by atoms with Gasteiger partial charge in [0.05, 0.1) is 38.8 Å². The van der Waals surface area contributed by atoms with Crippen LogP contribution in [0.3, 0.4) is 0 Å². The minimum absolute atomic E-state index is 0.206. The summed E-state index contributed by atoms with van der Waals surface area (Å²) in [7, 11) is 0. The molecule has 9 nitrogen and oxygen atoms in total. The first-order valence-electron chi connectivity index (χ1n) is 14.9. The van der Waals surface area contributed by atoms with E-state index in [0.29, 0.717) is 26.8 Å². The lowest BCUT2D eigenvalue weighted by atomic mass is 9.83. The van der Waals surface area contributed by atoms with Gasteiger partial charge >= 0.3 is 10.8 Å². The molecule has 242 valence electrons. The predicted molar refractivity (Wildman–Crippen MR) is 187 cm³/mol. The average molecular weight is 719 g/mol. The predicted octanol–water partition coefficient (Wildman–Crippen LogP) is 6.98. The largest absolute Gasteiger partial charge is 0.462 e. The first-order chi connectivity index (χ1) is 23.2. The van der Waals surface area contributed by atoms with Crippen molar-refractivity contribution in [2.45, 2.75) is 29.7 Å². The Hall–Kier alpha value is -4.42. The van der Waals surface area contributed by atoms with Crippen molar-refractivity contribution in [1.82, 2.24) is 4.57 Å². The number of hydrogen-bond donors (Lipinski definition) is 1. The Bertz CT molecular complexity index is 2200. The van der Waals surface area contributed by atoms with Gasteiger partial charge in [0, 0.05) is 16.5 Å². The van der Waals surface area contributed by atoms with E-state index in [1.807, 2.05) is 36.4 Å². The molecule has 2 aliphatic rings. The highest BCUT2D eigenvalue weighted by Gasteiger charge is 2.57. The zero-order valence-corrected chi connectivity index (χ0v) is 28.3. The summed E-state index contributed by atoms with van der Waals surface area (Å²) in [6.45, 7) is 1.60. The van der Waals surface area contributed by atoms with Gasteiger partial charge in [-0.15, -0.1) is 0 Å². The maximum absolute atomic E-state index is 14.2. The molecule has 0 radical (unpaired) electrons. The smallest absolute Gasteiger partial charge is 0.338 e. The first-order valence-corrected chi connectivity index (χ1v) is 17.4. The number of hydrogen-bond acceptors (Lipinski definition) is 8. The van der Waals surface area contributed by atoms with Crippen LogP contribution in [-0.4, -0.2) is 40.1 Å². The first kappa shape index (κ1) is 32.1. The second kappa shape index (κ2) is 12.9. The summed E-state index contributed by atoms with van der Waals surface area (Å²) >= 11 is 15.1. The van der Waals surface area contributed by atoms with Crippen molar-refractivity contribution in [1.29, 1.82) is 0 Å². The van der Waals surface area contributed by atoms with Crippen molar-refractivity contribution < 1.29 is 23.9 Å². The van der Waals surface area contributed by atoms with Gasteiger partial charge in [-0.05, 0) is 65.7 Å². The Morgan fingerprint density at radius 2 is 1.65 bits per heavy atom. The van der Waals surface area contributed by atoms with Crippen LogP contribution in [0.4, 0.5) is 11.4 Å². The van der Waals surface area contributed by atoms with E-state index in [9.17, 15) is 24.0 Å². The van der Waals surface area contributed by atoms with Crippen LogP contribution in [0.1, 0.15) is 33.6 Å². The van der Waals surface area contributed by atoms with Gasteiger partial charge in [-0.3, -0.25) is 23.7 Å². The molecule has 1 aromatic heterocycles. The van der Waals surface area contributed by atoms with Crippen LogP contribution >= 0.6 is 46.3 Å². The number of halogens is 2. The number of thioether (sulfide) groups is 1. The van der Waals surface area contributed by atoms with Gasteiger partial charge in [0.2, 0.25) is 17.7 Å². The Morgan fingerprint density at radius 1 is 0.896 bits per heavy atom. The molecule has 5 aromatic rings. The molecule has 0 saturated carbocycles. The molecule has 3 heterocycles. The van der Waals surface area contributed by atoms with Crippen molar-refractivity contribution in [3.05, 3.63) is 121 Å². The lowest BCUT2D eigenvalue weighted by molar-refractivity contribution is -0.122. The molecule has 3 atom stereocenters. The monoisotopic (exact) mass is 717 g/mol. The normalized spacial score (nSPS) is 18.5. The molecule has 7 rings (SSSR count). The summed E-state index contributed by atoms with van der Waals surface area (Å²) in [5, 5.41) is 4.80. The second-order valence-electron chi connectivity index (χ2n) is 11.2. The van der Waals surface area contributed by atoms with Crippen LogP contribution in [0.2, 0.25) is 10.0 Å². The molecule has 4 aromatic carbocycles. The fourth-order valence-electron chi connectivity index (χ4n) is 6.18. The number of carbonyl (C=O) groups excluding carboxylic acids is 4. The highest BCUT2D eigenvalue weighted by Crippen LogP contribution is 2.55. The van der Waals surface area contributed by atoms with Crippen LogP contribution in [0, 0.1) is 5.92 Å². The van der Waals surface area contributed by atoms with Gasteiger partial charge in [-0.25, -0.2) is 9.69 Å². The maximum atomic E-state index is 14.2. The lowest BCUT2D eigenvalue weighted by Crippen LogP contribution is -2.33. The molecule has 0 unspecified atom stereocenters. The number of aromatic nitrogens is 1. The van der Waals surface area contributed by atoms with Gasteiger partial charge in [-0.1, -0.05) is 88.8 Å². The third kappa shape index (κ3) is 5.60. The highest BCUT2D eigenvalue weighted by atomic mass is 35.5. The minimum atomic E-state index is -0.932. The Labute approximate surface area is 292 Å². The summed E-state index contributed by atoms with van der Waals surface area (Å²) in [4.78, 5) is 68.5. The quantitative estimate of drug-likeness (QED) is 0.143. The lowest BCUT2D eigenvalue weighted by Gasteiger charge is -2.31. The molecular formula is C35H25Cl2N3O6S2. The number of ether oxygens (including phenoxy) is 1. The molecule has 2 aliphatic heterocycles. The molecule has 1 saturated heterocycles. The molecule has 0 spiro atoms. The van der Waals surface area contributed by atoms with Gasteiger partial charge in [-0.2, -0.15) is 0 Å². The molecule has 13 heteroatoms. The number of carbonyl (C=O) groups is 4. The fourth-order valence-corrected chi connectivity index (χ4v) is 9.37. The van der Waals surface area contributed by atoms with E-state index in [4.69, 9.17) is 27.9 Å². The number of benzene rings is 4. The van der Waals surface area contributed by atoms with Gasteiger partial charge in [0.1, 0.15) is 11.8 Å². The topological polar surface area (TPSA) is 115 Å².